The van der Waals surface area contributed by atoms with Gasteiger partial charge in [0.15, 0.2) is 0 Å². The summed E-state index contributed by atoms with van der Waals surface area (Å²) < 4.78 is 5.20. The Morgan fingerprint density at radius 2 is 1.71 bits per heavy atom. The molecule has 1 aliphatic carbocycles. The van der Waals surface area contributed by atoms with Gasteiger partial charge in [0.2, 0.25) is 0 Å². The summed E-state index contributed by atoms with van der Waals surface area (Å²) in [6, 6.07) is 19.9. The summed E-state index contributed by atoms with van der Waals surface area (Å²) in [7, 11) is 1.64. The second kappa shape index (κ2) is 8.19. The standard InChI is InChI=1S/C25H23NO2/c1-28-21-14-10-18(11-15-21)12-16-23-22-9-5-2-6-19(22)13-17-24(23)25(27)26-20-7-3-4-8-20/h2,5-6,9-11,13-15,17,20H,3-4,7-8H2,1H3,(H,26,27). The van der Waals surface area contributed by atoms with Crippen LogP contribution in [0.4, 0.5) is 0 Å². The number of methoxy groups -OCH3 is 1. The van der Waals surface area contributed by atoms with E-state index in [1.807, 2.05) is 60.7 Å². The molecular formula is C25H23NO2. The van der Waals surface area contributed by atoms with E-state index in [1.54, 1.807) is 7.11 Å². The molecule has 0 radical (unpaired) electrons. The molecule has 1 N–H and O–H groups in total. The van der Waals surface area contributed by atoms with Crippen LogP contribution in [0.25, 0.3) is 10.8 Å². The van der Waals surface area contributed by atoms with Gasteiger partial charge in [-0.3, -0.25) is 4.79 Å². The zero-order valence-electron chi connectivity index (χ0n) is 16.0. The van der Waals surface area contributed by atoms with Crippen LogP contribution in [0.15, 0.2) is 60.7 Å². The molecule has 0 spiro atoms. The van der Waals surface area contributed by atoms with E-state index in [0.717, 1.165) is 40.5 Å². The van der Waals surface area contributed by atoms with Gasteiger partial charge >= 0.3 is 0 Å². The van der Waals surface area contributed by atoms with Crippen LogP contribution < -0.4 is 10.1 Å². The van der Waals surface area contributed by atoms with Crippen molar-refractivity contribution in [1.29, 1.82) is 0 Å². The Hall–Kier alpha value is -3.25. The smallest absolute Gasteiger partial charge is 0.252 e. The molecule has 0 heterocycles. The average molecular weight is 369 g/mol. The first-order valence-electron chi connectivity index (χ1n) is 9.73. The number of fused-ring (bicyclic) bond motifs is 1. The fourth-order valence-corrected chi connectivity index (χ4v) is 3.74. The van der Waals surface area contributed by atoms with Crippen LogP contribution in [0.1, 0.15) is 47.2 Å². The van der Waals surface area contributed by atoms with Crippen molar-refractivity contribution < 1.29 is 9.53 Å². The van der Waals surface area contributed by atoms with Crippen molar-refractivity contribution in [2.24, 2.45) is 0 Å². The quantitative estimate of drug-likeness (QED) is 0.666. The molecule has 3 aromatic rings. The average Bonchev–Trinajstić information content (AvgIpc) is 3.25. The third-order valence-corrected chi connectivity index (χ3v) is 5.29. The van der Waals surface area contributed by atoms with E-state index in [0.29, 0.717) is 5.56 Å². The van der Waals surface area contributed by atoms with E-state index in [-0.39, 0.29) is 11.9 Å². The number of hydrogen-bond acceptors (Lipinski definition) is 2. The highest BCUT2D eigenvalue weighted by molar-refractivity contribution is 6.03. The lowest BCUT2D eigenvalue weighted by atomic mass is 9.98. The molecule has 0 atom stereocenters. The molecule has 3 heteroatoms. The number of rotatable bonds is 3. The Balaban J connectivity index is 1.73. The van der Waals surface area contributed by atoms with Crippen LogP contribution >= 0.6 is 0 Å². The van der Waals surface area contributed by atoms with Crippen molar-refractivity contribution in [3.05, 3.63) is 77.4 Å². The molecule has 1 amide bonds. The van der Waals surface area contributed by atoms with Crippen molar-refractivity contribution in [3.63, 3.8) is 0 Å². The Bertz CT molecular complexity index is 1050. The van der Waals surface area contributed by atoms with E-state index in [2.05, 4.69) is 17.2 Å². The monoisotopic (exact) mass is 369 g/mol. The summed E-state index contributed by atoms with van der Waals surface area (Å²) in [6.07, 6.45) is 4.50. The highest BCUT2D eigenvalue weighted by Gasteiger charge is 2.20. The molecule has 0 aromatic heterocycles. The molecule has 0 bridgehead atoms. The Morgan fingerprint density at radius 3 is 2.46 bits per heavy atom. The van der Waals surface area contributed by atoms with E-state index < -0.39 is 0 Å². The first kappa shape index (κ1) is 18.1. The second-order valence-corrected chi connectivity index (χ2v) is 7.14. The minimum absolute atomic E-state index is 0.0308. The Morgan fingerprint density at radius 1 is 0.964 bits per heavy atom. The Labute approximate surface area is 165 Å². The molecule has 0 saturated heterocycles. The highest BCUT2D eigenvalue weighted by Crippen LogP contribution is 2.24. The van der Waals surface area contributed by atoms with E-state index in [1.165, 1.54) is 12.8 Å². The maximum absolute atomic E-state index is 13.0. The van der Waals surface area contributed by atoms with Gasteiger partial charge in [0.25, 0.3) is 5.91 Å². The number of carbonyl (C=O) groups excluding carboxylic acids is 1. The largest absolute Gasteiger partial charge is 0.497 e. The number of carbonyl (C=O) groups is 1. The van der Waals surface area contributed by atoms with Gasteiger partial charge in [-0.05, 0) is 53.9 Å². The van der Waals surface area contributed by atoms with Crippen LogP contribution in [0.5, 0.6) is 5.75 Å². The number of hydrogen-bond donors (Lipinski definition) is 1. The van der Waals surface area contributed by atoms with Gasteiger partial charge in [-0.2, -0.15) is 0 Å². The fourth-order valence-electron chi connectivity index (χ4n) is 3.74. The van der Waals surface area contributed by atoms with E-state index in [9.17, 15) is 4.79 Å². The zero-order valence-corrected chi connectivity index (χ0v) is 16.0. The van der Waals surface area contributed by atoms with Gasteiger partial charge in [0.05, 0.1) is 12.7 Å². The molecule has 1 saturated carbocycles. The minimum atomic E-state index is -0.0308. The van der Waals surface area contributed by atoms with Gasteiger partial charge in [-0.25, -0.2) is 0 Å². The molecule has 1 fully saturated rings. The van der Waals surface area contributed by atoms with Crippen LogP contribution in [0.3, 0.4) is 0 Å². The molecular weight excluding hydrogens is 346 g/mol. The molecule has 4 rings (SSSR count). The maximum Gasteiger partial charge on any atom is 0.252 e. The minimum Gasteiger partial charge on any atom is -0.497 e. The van der Waals surface area contributed by atoms with E-state index in [4.69, 9.17) is 4.74 Å². The SMILES string of the molecule is COc1ccc(C#Cc2c(C(=O)NC3CCCC3)ccc3ccccc23)cc1. The van der Waals surface area contributed by atoms with Crippen molar-refractivity contribution in [1.82, 2.24) is 5.32 Å². The zero-order chi connectivity index (χ0) is 19.3. The predicted octanol–water partition coefficient (Wildman–Crippen LogP) is 4.92. The first-order chi connectivity index (χ1) is 13.7. The summed E-state index contributed by atoms with van der Waals surface area (Å²) in [5.74, 6) is 7.24. The summed E-state index contributed by atoms with van der Waals surface area (Å²) in [5.41, 5.74) is 2.31. The molecule has 3 nitrogen and oxygen atoms in total. The molecule has 1 aliphatic rings. The lowest BCUT2D eigenvalue weighted by molar-refractivity contribution is 0.0938. The number of ether oxygens (including phenoxy) is 1. The summed E-state index contributed by atoms with van der Waals surface area (Å²) in [5, 5.41) is 5.28. The van der Waals surface area contributed by atoms with Gasteiger partial charge in [0.1, 0.15) is 5.75 Å². The van der Waals surface area contributed by atoms with E-state index >= 15 is 0 Å². The highest BCUT2D eigenvalue weighted by atomic mass is 16.5. The molecule has 3 aromatic carbocycles. The lowest BCUT2D eigenvalue weighted by Crippen LogP contribution is -2.33. The van der Waals surface area contributed by atoms with Gasteiger partial charge in [0, 0.05) is 17.2 Å². The third kappa shape index (κ3) is 3.87. The van der Waals surface area contributed by atoms with Gasteiger partial charge in [-0.1, -0.05) is 55.0 Å². The topological polar surface area (TPSA) is 38.3 Å². The summed E-state index contributed by atoms with van der Waals surface area (Å²) in [6.45, 7) is 0. The number of nitrogens with one attached hydrogen (secondary N) is 1. The molecule has 140 valence electrons. The predicted molar refractivity (Wildman–Crippen MR) is 113 cm³/mol. The fraction of sp³-hybridized carbons (Fsp3) is 0.240. The van der Waals surface area contributed by atoms with Crippen LogP contribution in [0, 0.1) is 11.8 Å². The molecule has 0 aliphatic heterocycles. The summed E-state index contributed by atoms with van der Waals surface area (Å²) in [4.78, 5) is 13.0. The second-order valence-electron chi connectivity index (χ2n) is 7.14. The normalized spacial score (nSPS) is 13.8. The molecule has 0 unspecified atom stereocenters. The number of benzene rings is 3. The molecule has 28 heavy (non-hydrogen) atoms. The van der Waals surface area contributed by atoms with Crippen molar-refractivity contribution in [3.8, 4) is 17.6 Å². The summed E-state index contributed by atoms with van der Waals surface area (Å²) >= 11 is 0. The van der Waals surface area contributed by atoms with Crippen molar-refractivity contribution in [2.45, 2.75) is 31.7 Å². The van der Waals surface area contributed by atoms with Crippen LogP contribution in [-0.4, -0.2) is 19.1 Å². The third-order valence-electron chi connectivity index (χ3n) is 5.29. The number of amides is 1. The first-order valence-corrected chi connectivity index (χ1v) is 9.73. The van der Waals surface area contributed by atoms with Crippen molar-refractivity contribution in [2.75, 3.05) is 7.11 Å². The maximum atomic E-state index is 13.0. The van der Waals surface area contributed by atoms with Gasteiger partial charge in [-0.15, -0.1) is 0 Å². The Kier molecular flexibility index (Phi) is 5.30. The lowest BCUT2D eigenvalue weighted by Gasteiger charge is -2.14. The van der Waals surface area contributed by atoms with Gasteiger partial charge < -0.3 is 10.1 Å². The van der Waals surface area contributed by atoms with Crippen molar-refractivity contribution >= 4 is 16.7 Å². The van der Waals surface area contributed by atoms with Crippen LogP contribution in [-0.2, 0) is 0 Å². The van der Waals surface area contributed by atoms with Crippen LogP contribution in [0.2, 0.25) is 0 Å².